The van der Waals surface area contributed by atoms with Crippen LogP contribution in [0.2, 0.25) is 4.34 Å². The van der Waals surface area contributed by atoms with Gasteiger partial charge in [-0.2, -0.15) is 4.72 Å². The molecular weight excluding hydrogens is 363 g/mol. The number of hydrogen-bond donors (Lipinski definition) is 1. The number of amides is 1. The first kappa shape index (κ1) is 16.4. The van der Waals surface area contributed by atoms with Gasteiger partial charge in [-0.25, -0.2) is 12.8 Å². The topological polar surface area (TPSA) is 66.5 Å². The van der Waals surface area contributed by atoms with Crippen LogP contribution in [0.3, 0.4) is 0 Å². The van der Waals surface area contributed by atoms with Crippen LogP contribution in [-0.2, 0) is 14.8 Å². The molecule has 1 unspecified atom stereocenters. The zero-order valence-electron chi connectivity index (χ0n) is 11.7. The van der Waals surface area contributed by atoms with Crippen molar-refractivity contribution in [2.75, 3.05) is 11.4 Å². The maximum Gasteiger partial charge on any atom is 0.250 e. The summed E-state index contributed by atoms with van der Waals surface area (Å²) in [5.41, 5.74) is 0.151. The van der Waals surface area contributed by atoms with E-state index in [-0.39, 0.29) is 22.9 Å². The first-order valence-corrected chi connectivity index (χ1v) is 9.40. The molecule has 0 saturated carbocycles. The fourth-order valence-corrected chi connectivity index (χ4v) is 5.11. The molecule has 2 heterocycles. The van der Waals surface area contributed by atoms with Gasteiger partial charge < -0.3 is 4.90 Å². The monoisotopic (exact) mass is 374 g/mol. The SMILES string of the molecule is O=C1C(NS(=O)(=O)c2ccc(Cl)s2)CCN1c1ccccc1F. The Morgan fingerprint density at radius 2 is 2.00 bits per heavy atom. The quantitative estimate of drug-likeness (QED) is 0.894. The van der Waals surface area contributed by atoms with E-state index in [9.17, 15) is 17.6 Å². The third-order valence-corrected chi connectivity index (χ3v) is 6.65. The van der Waals surface area contributed by atoms with E-state index >= 15 is 0 Å². The molecule has 122 valence electrons. The highest BCUT2D eigenvalue weighted by Gasteiger charge is 2.36. The van der Waals surface area contributed by atoms with Crippen molar-refractivity contribution >= 4 is 44.6 Å². The number of benzene rings is 1. The number of thiophene rings is 1. The third kappa shape index (κ3) is 3.25. The molecule has 0 aliphatic carbocycles. The third-order valence-electron chi connectivity index (χ3n) is 3.46. The highest BCUT2D eigenvalue weighted by atomic mass is 35.5. The molecule has 23 heavy (non-hydrogen) atoms. The number of rotatable bonds is 4. The van der Waals surface area contributed by atoms with Gasteiger partial charge in [-0.15, -0.1) is 11.3 Å². The van der Waals surface area contributed by atoms with Crippen LogP contribution in [-0.4, -0.2) is 26.9 Å². The van der Waals surface area contributed by atoms with Crippen molar-refractivity contribution in [1.82, 2.24) is 4.72 Å². The maximum atomic E-state index is 13.8. The molecule has 2 aromatic rings. The molecule has 1 N–H and O–H groups in total. The number of carbonyl (C=O) groups is 1. The van der Waals surface area contributed by atoms with Gasteiger partial charge >= 0.3 is 0 Å². The molecule has 1 atom stereocenters. The lowest BCUT2D eigenvalue weighted by molar-refractivity contribution is -0.118. The highest BCUT2D eigenvalue weighted by molar-refractivity contribution is 7.91. The van der Waals surface area contributed by atoms with E-state index in [1.54, 1.807) is 6.07 Å². The number of para-hydroxylation sites is 1. The van der Waals surface area contributed by atoms with E-state index in [0.717, 1.165) is 11.3 Å². The first-order chi connectivity index (χ1) is 10.9. The van der Waals surface area contributed by atoms with Crippen molar-refractivity contribution < 1.29 is 17.6 Å². The summed E-state index contributed by atoms with van der Waals surface area (Å²) in [6, 6.07) is 7.83. The molecule has 1 aromatic carbocycles. The van der Waals surface area contributed by atoms with E-state index < -0.39 is 27.8 Å². The molecule has 1 amide bonds. The predicted octanol–water partition coefficient (Wildman–Crippen LogP) is 2.62. The largest absolute Gasteiger partial charge is 0.308 e. The lowest BCUT2D eigenvalue weighted by atomic mass is 10.2. The molecule has 1 aliphatic heterocycles. The van der Waals surface area contributed by atoms with Crippen LogP contribution in [0.5, 0.6) is 0 Å². The van der Waals surface area contributed by atoms with Gasteiger partial charge in [0.2, 0.25) is 5.91 Å². The van der Waals surface area contributed by atoms with Crippen molar-refractivity contribution in [2.45, 2.75) is 16.7 Å². The summed E-state index contributed by atoms with van der Waals surface area (Å²) in [6.45, 7) is 0.248. The molecule has 1 fully saturated rings. The minimum atomic E-state index is -3.83. The van der Waals surface area contributed by atoms with Gasteiger partial charge in [0.25, 0.3) is 10.0 Å². The second-order valence-corrected chi connectivity index (χ2v) is 8.62. The average molecular weight is 375 g/mol. The van der Waals surface area contributed by atoms with Gasteiger partial charge in [0.05, 0.1) is 10.0 Å². The number of nitrogens with one attached hydrogen (secondary N) is 1. The van der Waals surface area contributed by atoms with E-state index in [0.29, 0.717) is 4.34 Å². The zero-order chi connectivity index (χ0) is 16.6. The standard InChI is InChI=1S/C14H12ClFN2O3S2/c15-12-5-6-13(22-12)23(20,21)17-10-7-8-18(14(10)19)11-4-2-1-3-9(11)16/h1-6,10,17H,7-8H2. The lowest BCUT2D eigenvalue weighted by Gasteiger charge is -2.17. The van der Waals surface area contributed by atoms with Crippen molar-refractivity contribution in [3.05, 3.63) is 46.6 Å². The Balaban J connectivity index is 1.79. The van der Waals surface area contributed by atoms with Crippen LogP contribution in [0, 0.1) is 5.82 Å². The summed E-state index contributed by atoms with van der Waals surface area (Å²) in [7, 11) is -3.83. The fraction of sp³-hybridized carbons (Fsp3) is 0.214. The van der Waals surface area contributed by atoms with Gasteiger partial charge in [0.15, 0.2) is 0 Å². The number of halogens is 2. The minimum Gasteiger partial charge on any atom is -0.308 e. The first-order valence-electron chi connectivity index (χ1n) is 6.72. The number of nitrogens with zero attached hydrogens (tertiary/aromatic N) is 1. The summed E-state index contributed by atoms with van der Waals surface area (Å²) < 4.78 is 41.1. The normalized spacial score (nSPS) is 18.6. The molecule has 3 rings (SSSR count). The zero-order valence-corrected chi connectivity index (χ0v) is 14.1. The molecule has 1 aliphatic rings. The van der Waals surface area contributed by atoms with Crippen molar-refractivity contribution in [3.63, 3.8) is 0 Å². The molecule has 5 nitrogen and oxygen atoms in total. The molecule has 9 heteroatoms. The molecule has 0 spiro atoms. The molecule has 0 bridgehead atoms. The smallest absolute Gasteiger partial charge is 0.250 e. The predicted molar refractivity (Wildman–Crippen MR) is 86.8 cm³/mol. The number of anilines is 1. The average Bonchev–Trinajstić information content (AvgIpc) is 3.08. The van der Waals surface area contributed by atoms with Gasteiger partial charge in [-0.1, -0.05) is 23.7 Å². The van der Waals surface area contributed by atoms with E-state index in [4.69, 9.17) is 11.6 Å². The lowest BCUT2D eigenvalue weighted by Crippen LogP contribution is -2.41. The summed E-state index contributed by atoms with van der Waals surface area (Å²) >= 11 is 6.65. The van der Waals surface area contributed by atoms with Crippen LogP contribution in [0.1, 0.15) is 6.42 Å². The van der Waals surface area contributed by atoms with E-state index in [1.165, 1.54) is 35.2 Å². The Morgan fingerprint density at radius 3 is 2.65 bits per heavy atom. The molecular formula is C14H12ClFN2O3S2. The van der Waals surface area contributed by atoms with Gasteiger partial charge in [-0.3, -0.25) is 4.79 Å². The van der Waals surface area contributed by atoms with Crippen molar-refractivity contribution in [3.8, 4) is 0 Å². The van der Waals surface area contributed by atoms with Crippen LogP contribution >= 0.6 is 22.9 Å². The summed E-state index contributed by atoms with van der Waals surface area (Å²) in [5, 5.41) is 0. The van der Waals surface area contributed by atoms with E-state index in [1.807, 2.05) is 0 Å². The maximum absolute atomic E-state index is 13.8. The molecule has 1 aromatic heterocycles. The second kappa shape index (κ2) is 6.20. The van der Waals surface area contributed by atoms with Gasteiger partial charge in [-0.05, 0) is 30.7 Å². The number of hydrogen-bond acceptors (Lipinski definition) is 4. The van der Waals surface area contributed by atoms with Gasteiger partial charge in [0.1, 0.15) is 16.1 Å². The van der Waals surface area contributed by atoms with Crippen molar-refractivity contribution in [1.29, 1.82) is 0 Å². The van der Waals surface area contributed by atoms with Crippen LogP contribution in [0.4, 0.5) is 10.1 Å². The van der Waals surface area contributed by atoms with Crippen LogP contribution in [0.15, 0.2) is 40.6 Å². The van der Waals surface area contributed by atoms with Gasteiger partial charge in [0, 0.05) is 6.54 Å². The van der Waals surface area contributed by atoms with Crippen LogP contribution < -0.4 is 9.62 Å². The number of sulfonamides is 1. The van der Waals surface area contributed by atoms with Crippen LogP contribution in [0.25, 0.3) is 0 Å². The Hall–Kier alpha value is -1.48. The minimum absolute atomic E-state index is 0.0413. The summed E-state index contributed by atoms with van der Waals surface area (Å²) in [6.07, 6.45) is 0.269. The summed E-state index contributed by atoms with van der Waals surface area (Å²) in [4.78, 5) is 13.6. The number of carbonyl (C=O) groups excluding carboxylic acids is 1. The molecule has 1 saturated heterocycles. The Morgan fingerprint density at radius 1 is 1.26 bits per heavy atom. The molecule has 0 radical (unpaired) electrons. The second-order valence-electron chi connectivity index (χ2n) is 4.96. The van der Waals surface area contributed by atoms with E-state index in [2.05, 4.69) is 4.72 Å². The fourth-order valence-electron chi connectivity index (χ4n) is 2.39. The highest BCUT2D eigenvalue weighted by Crippen LogP contribution is 2.28. The summed E-state index contributed by atoms with van der Waals surface area (Å²) in [5.74, 6) is -0.990. The Bertz CT molecular complexity index is 853. The Kier molecular flexibility index (Phi) is 4.41. The van der Waals surface area contributed by atoms with Crippen molar-refractivity contribution in [2.24, 2.45) is 0 Å². The Labute approximate surface area is 141 Å².